The molecule has 1 saturated heterocycles. The number of aliphatic imine (C=N–C) groups is 2. The molecule has 186 valence electrons. The summed E-state index contributed by atoms with van der Waals surface area (Å²) in [6.45, 7) is 14.9. The van der Waals surface area contributed by atoms with E-state index >= 15 is 0 Å². The number of nitrogens with one attached hydrogen (secondary N) is 2. The van der Waals surface area contributed by atoms with Gasteiger partial charge in [-0.2, -0.15) is 4.99 Å². The summed E-state index contributed by atoms with van der Waals surface area (Å²) >= 11 is 0. The van der Waals surface area contributed by atoms with Crippen LogP contribution in [0.4, 0.5) is 22.1 Å². The quantitative estimate of drug-likeness (QED) is 0.516. The monoisotopic (exact) mass is 480 g/mol. The van der Waals surface area contributed by atoms with Gasteiger partial charge < -0.3 is 29.7 Å². The Hall–Kier alpha value is -3.89. The number of aromatic nitrogens is 2. The Labute approximate surface area is 204 Å². The number of amides is 2. The van der Waals surface area contributed by atoms with Crippen LogP contribution in [-0.4, -0.2) is 77.5 Å². The Kier molecular flexibility index (Phi) is 6.77. The van der Waals surface area contributed by atoms with Crippen LogP contribution in [0.1, 0.15) is 36.8 Å². The maximum absolute atomic E-state index is 12.3. The van der Waals surface area contributed by atoms with Crippen molar-refractivity contribution in [3.8, 4) is 0 Å². The molecule has 2 N–H and O–H groups in total. The van der Waals surface area contributed by atoms with Gasteiger partial charge in [-0.15, -0.1) is 0 Å². The molecule has 0 atom stereocenters. The molecular weight excluding hydrogens is 448 g/mol. The van der Waals surface area contributed by atoms with Crippen LogP contribution in [-0.2, 0) is 11.3 Å². The van der Waals surface area contributed by atoms with Gasteiger partial charge in [0.2, 0.25) is 5.96 Å². The number of hydrogen-bond donors (Lipinski definition) is 2. The van der Waals surface area contributed by atoms with Crippen LogP contribution in [0, 0.1) is 6.92 Å². The van der Waals surface area contributed by atoms with Crippen LogP contribution in [0.2, 0.25) is 0 Å². The van der Waals surface area contributed by atoms with Crippen molar-refractivity contribution in [2.45, 2.75) is 39.8 Å². The summed E-state index contributed by atoms with van der Waals surface area (Å²) in [5, 5.41) is 5.93. The van der Waals surface area contributed by atoms with Gasteiger partial charge in [0.15, 0.2) is 0 Å². The second kappa shape index (κ2) is 9.77. The first kappa shape index (κ1) is 24.2. The lowest BCUT2D eigenvalue weighted by Crippen LogP contribution is -2.50. The van der Waals surface area contributed by atoms with Crippen molar-refractivity contribution < 1.29 is 14.3 Å². The lowest BCUT2D eigenvalue weighted by Gasteiger charge is -2.36. The number of rotatable bonds is 3. The zero-order chi connectivity index (χ0) is 25.2. The first-order valence-electron chi connectivity index (χ1n) is 11.6. The van der Waals surface area contributed by atoms with E-state index in [-0.39, 0.29) is 12.0 Å². The summed E-state index contributed by atoms with van der Waals surface area (Å²) < 4.78 is 7.35. The first-order valence-corrected chi connectivity index (χ1v) is 11.6. The number of ether oxygens (including phenoxy) is 1. The van der Waals surface area contributed by atoms with Gasteiger partial charge in [0, 0.05) is 39.3 Å². The summed E-state index contributed by atoms with van der Waals surface area (Å²) in [5.74, 6) is 1.44. The molecule has 1 fully saturated rings. The predicted molar refractivity (Wildman–Crippen MR) is 136 cm³/mol. The standard InChI is InChI=1S/C24H32N8O3/c1-16-14-18-21(33)26-8-9-32(18)20(16)29-22(25-5)28-19-7-6-17(15-27-19)30-10-12-31(13-11-30)23(34)35-24(2,3)4/h6-7,14-15H,5,8-13H2,1-4H3,(H,26,33)(H,27,28,29). The smallest absolute Gasteiger partial charge is 0.410 e. The van der Waals surface area contributed by atoms with Gasteiger partial charge in [-0.3, -0.25) is 4.79 Å². The number of fused-ring (bicyclic) bond motifs is 1. The molecule has 2 aliphatic heterocycles. The first-order chi connectivity index (χ1) is 16.6. The molecule has 2 aliphatic rings. The highest BCUT2D eigenvalue weighted by atomic mass is 16.6. The molecule has 2 aromatic heterocycles. The minimum atomic E-state index is -0.502. The Bertz CT molecular complexity index is 1140. The van der Waals surface area contributed by atoms with Crippen molar-refractivity contribution in [2.75, 3.05) is 42.9 Å². The number of carbonyl (C=O) groups excluding carboxylic acids is 2. The van der Waals surface area contributed by atoms with E-state index in [2.05, 4.69) is 37.2 Å². The topological polar surface area (TPSA) is 116 Å². The molecule has 11 nitrogen and oxygen atoms in total. The number of piperazine rings is 1. The Morgan fingerprint density at radius 3 is 2.57 bits per heavy atom. The van der Waals surface area contributed by atoms with Crippen molar-refractivity contribution in [2.24, 2.45) is 9.98 Å². The number of aryl methyl sites for hydroxylation is 1. The number of carbonyl (C=O) groups is 2. The molecule has 0 spiro atoms. The van der Waals surface area contributed by atoms with Crippen molar-refractivity contribution in [3.05, 3.63) is 35.7 Å². The number of pyridine rings is 1. The van der Waals surface area contributed by atoms with Crippen molar-refractivity contribution >= 4 is 42.0 Å². The van der Waals surface area contributed by atoms with E-state index in [1.807, 2.05) is 50.5 Å². The SMILES string of the molecule is C=NC(=Nc1c(C)cc2n1CCNC2=O)Nc1ccc(N2CCN(C(=O)OC(C)(C)C)CC2)cn1. The van der Waals surface area contributed by atoms with E-state index < -0.39 is 5.60 Å². The molecule has 0 radical (unpaired) electrons. The third-order valence-corrected chi connectivity index (χ3v) is 5.75. The van der Waals surface area contributed by atoms with Gasteiger partial charge in [-0.05, 0) is 58.2 Å². The van der Waals surface area contributed by atoms with Gasteiger partial charge in [0.1, 0.15) is 22.9 Å². The lowest BCUT2D eigenvalue weighted by molar-refractivity contribution is 0.0240. The summed E-state index contributed by atoms with van der Waals surface area (Å²) in [5.41, 5.74) is 1.93. The molecule has 35 heavy (non-hydrogen) atoms. The molecule has 0 unspecified atom stereocenters. The van der Waals surface area contributed by atoms with Gasteiger partial charge in [-0.25, -0.2) is 14.8 Å². The maximum atomic E-state index is 12.3. The average molecular weight is 481 g/mol. The highest BCUT2D eigenvalue weighted by Crippen LogP contribution is 2.26. The molecule has 4 rings (SSSR count). The van der Waals surface area contributed by atoms with Crippen molar-refractivity contribution in [3.63, 3.8) is 0 Å². The predicted octanol–water partition coefficient (Wildman–Crippen LogP) is 2.79. The fourth-order valence-corrected chi connectivity index (χ4v) is 4.05. The van der Waals surface area contributed by atoms with E-state index in [9.17, 15) is 9.59 Å². The highest BCUT2D eigenvalue weighted by Gasteiger charge is 2.26. The second-order valence-corrected chi connectivity index (χ2v) is 9.52. The fraction of sp³-hybridized carbons (Fsp3) is 0.458. The molecule has 0 bridgehead atoms. The third kappa shape index (κ3) is 5.61. The average Bonchev–Trinajstić information content (AvgIpc) is 3.14. The van der Waals surface area contributed by atoms with E-state index in [4.69, 9.17) is 4.74 Å². The maximum Gasteiger partial charge on any atom is 0.410 e. The molecular formula is C24H32N8O3. The minimum absolute atomic E-state index is 0.106. The molecule has 2 aromatic rings. The van der Waals surface area contributed by atoms with Gasteiger partial charge in [0.25, 0.3) is 5.91 Å². The van der Waals surface area contributed by atoms with E-state index in [0.717, 1.165) is 11.3 Å². The van der Waals surface area contributed by atoms with E-state index in [1.54, 1.807) is 11.1 Å². The second-order valence-electron chi connectivity index (χ2n) is 9.52. The van der Waals surface area contributed by atoms with Crippen LogP contribution >= 0.6 is 0 Å². The fourth-order valence-electron chi connectivity index (χ4n) is 4.05. The van der Waals surface area contributed by atoms with Crippen LogP contribution < -0.4 is 15.5 Å². The van der Waals surface area contributed by atoms with E-state index in [1.165, 1.54) is 0 Å². The molecule has 11 heteroatoms. The Morgan fingerprint density at radius 2 is 1.94 bits per heavy atom. The van der Waals surface area contributed by atoms with Crippen LogP contribution in [0.25, 0.3) is 0 Å². The summed E-state index contributed by atoms with van der Waals surface area (Å²) in [7, 11) is 0. The normalized spacial score (nSPS) is 16.5. The number of guanidine groups is 1. The number of hydrogen-bond acceptors (Lipinski definition) is 6. The molecule has 2 amide bonds. The zero-order valence-electron chi connectivity index (χ0n) is 20.7. The minimum Gasteiger partial charge on any atom is -0.444 e. The van der Waals surface area contributed by atoms with Crippen LogP contribution in [0.3, 0.4) is 0 Å². The lowest BCUT2D eigenvalue weighted by atomic mass is 10.2. The van der Waals surface area contributed by atoms with Crippen molar-refractivity contribution in [1.29, 1.82) is 0 Å². The van der Waals surface area contributed by atoms with E-state index in [0.29, 0.717) is 62.6 Å². The molecule has 0 aromatic carbocycles. The highest BCUT2D eigenvalue weighted by molar-refractivity contribution is 5.98. The largest absolute Gasteiger partial charge is 0.444 e. The van der Waals surface area contributed by atoms with Crippen molar-refractivity contribution in [1.82, 2.24) is 19.8 Å². The summed E-state index contributed by atoms with van der Waals surface area (Å²) in [6.07, 6.45) is 1.50. The summed E-state index contributed by atoms with van der Waals surface area (Å²) in [4.78, 5) is 41.4. The Morgan fingerprint density at radius 1 is 1.20 bits per heavy atom. The molecule has 4 heterocycles. The summed E-state index contributed by atoms with van der Waals surface area (Å²) in [6, 6.07) is 5.64. The number of nitrogens with zero attached hydrogens (tertiary/aromatic N) is 6. The Balaban J connectivity index is 1.39. The van der Waals surface area contributed by atoms with Gasteiger partial charge in [-0.1, -0.05) is 0 Å². The zero-order valence-corrected chi connectivity index (χ0v) is 20.7. The van der Waals surface area contributed by atoms with Crippen LogP contribution in [0.15, 0.2) is 34.4 Å². The van der Waals surface area contributed by atoms with Crippen LogP contribution in [0.5, 0.6) is 0 Å². The molecule has 0 aliphatic carbocycles. The third-order valence-electron chi connectivity index (χ3n) is 5.75. The van der Waals surface area contributed by atoms with Gasteiger partial charge in [0.05, 0.1) is 11.9 Å². The van der Waals surface area contributed by atoms with Gasteiger partial charge >= 0.3 is 6.09 Å². The number of anilines is 2. The molecule has 0 saturated carbocycles.